The van der Waals surface area contributed by atoms with Crippen molar-refractivity contribution < 1.29 is 9.13 Å². The fourth-order valence-corrected chi connectivity index (χ4v) is 2.13. The van der Waals surface area contributed by atoms with E-state index >= 15 is 0 Å². The Morgan fingerprint density at radius 3 is 2.85 bits per heavy atom. The summed E-state index contributed by atoms with van der Waals surface area (Å²) in [5.41, 5.74) is 7.64. The molecule has 0 saturated heterocycles. The molecular formula is C15H20FN3O. The molecule has 20 heavy (non-hydrogen) atoms. The Labute approximate surface area is 118 Å². The number of rotatable bonds is 6. The summed E-state index contributed by atoms with van der Waals surface area (Å²) in [4.78, 5) is 0. The van der Waals surface area contributed by atoms with Crippen LogP contribution in [0.5, 0.6) is 5.75 Å². The third kappa shape index (κ3) is 3.57. The lowest BCUT2D eigenvalue weighted by Crippen LogP contribution is -2.19. The summed E-state index contributed by atoms with van der Waals surface area (Å²) in [5.74, 6) is -0.0277. The van der Waals surface area contributed by atoms with E-state index in [0.717, 1.165) is 11.3 Å². The highest BCUT2D eigenvalue weighted by atomic mass is 19.1. The Morgan fingerprint density at radius 2 is 2.20 bits per heavy atom. The highest BCUT2D eigenvalue weighted by Crippen LogP contribution is 2.24. The minimum Gasteiger partial charge on any atom is -0.490 e. The first-order valence-electron chi connectivity index (χ1n) is 6.70. The van der Waals surface area contributed by atoms with E-state index in [1.165, 1.54) is 6.07 Å². The van der Waals surface area contributed by atoms with Crippen LogP contribution in [-0.2, 0) is 19.9 Å². The smallest absolute Gasteiger partial charge is 0.165 e. The van der Waals surface area contributed by atoms with Gasteiger partial charge in [0.15, 0.2) is 11.6 Å². The van der Waals surface area contributed by atoms with Gasteiger partial charge in [-0.1, -0.05) is 12.1 Å². The second-order valence-electron chi connectivity index (χ2n) is 4.95. The molecule has 2 N–H and O–H groups in total. The number of aromatic nitrogens is 2. The Morgan fingerprint density at radius 1 is 1.40 bits per heavy atom. The van der Waals surface area contributed by atoms with Crippen LogP contribution in [0.15, 0.2) is 30.5 Å². The molecule has 0 aliphatic heterocycles. The van der Waals surface area contributed by atoms with Gasteiger partial charge in [0.05, 0.1) is 6.61 Å². The molecule has 1 unspecified atom stereocenters. The Balaban J connectivity index is 2.03. The molecule has 0 radical (unpaired) electrons. The summed E-state index contributed by atoms with van der Waals surface area (Å²) in [6, 6.07) is 6.83. The predicted octanol–water partition coefficient (Wildman–Crippen LogP) is 2.07. The van der Waals surface area contributed by atoms with Crippen molar-refractivity contribution in [1.82, 2.24) is 9.78 Å². The second-order valence-corrected chi connectivity index (χ2v) is 4.95. The van der Waals surface area contributed by atoms with Crippen molar-refractivity contribution in [2.75, 3.05) is 6.61 Å². The predicted molar refractivity (Wildman–Crippen MR) is 76.2 cm³/mol. The zero-order chi connectivity index (χ0) is 14.5. The molecule has 0 fully saturated rings. The van der Waals surface area contributed by atoms with Crippen LogP contribution >= 0.6 is 0 Å². The lowest BCUT2D eigenvalue weighted by Gasteiger charge is -2.14. The molecule has 1 aromatic carbocycles. The number of hydrogen-bond donors (Lipinski definition) is 1. The van der Waals surface area contributed by atoms with Crippen LogP contribution in [0.25, 0.3) is 0 Å². The zero-order valence-corrected chi connectivity index (χ0v) is 11.8. The van der Waals surface area contributed by atoms with E-state index in [1.54, 1.807) is 16.9 Å². The van der Waals surface area contributed by atoms with Gasteiger partial charge in [-0.25, -0.2) is 4.39 Å². The van der Waals surface area contributed by atoms with Crippen LogP contribution in [0.4, 0.5) is 4.39 Å². The standard InChI is InChI=1S/C15H20FN3O/c1-11(17)10-12-4-3-5-14(16)15(12)20-9-7-13-6-8-18-19(13)2/h3-6,8,11H,7,9-10,17H2,1-2H3. The molecule has 2 aromatic rings. The van der Waals surface area contributed by atoms with Crippen molar-refractivity contribution in [2.24, 2.45) is 12.8 Å². The minimum absolute atomic E-state index is 0.0313. The first-order valence-corrected chi connectivity index (χ1v) is 6.70. The lowest BCUT2D eigenvalue weighted by molar-refractivity contribution is 0.298. The van der Waals surface area contributed by atoms with Crippen molar-refractivity contribution in [2.45, 2.75) is 25.8 Å². The molecule has 108 valence electrons. The number of hydrogen-bond acceptors (Lipinski definition) is 3. The SMILES string of the molecule is CC(N)Cc1cccc(F)c1OCCc1ccnn1C. The number of ether oxygens (including phenoxy) is 1. The van der Waals surface area contributed by atoms with Crippen LogP contribution in [0.3, 0.4) is 0 Å². The van der Waals surface area contributed by atoms with Crippen molar-refractivity contribution in [3.63, 3.8) is 0 Å². The molecule has 1 aromatic heterocycles. The average molecular weight is 277 g/mol. The first-order chi connectivity index (χ1) is 9.58. The molecule has 5 heteroatoms. The highest BCUT2D eigenvalue weighted by Gasteiger charge is 2.11. The molecule has 1 atom stereocenters. The third-order valence-electron chi connectivity index (χ3n) is 3.12. The van der Waals surface area contributed by atoms with E-state index in [0.29, 0.717) is 25.2 Å². The summed E-state index contributed by atoms with van der Waals surface area (Å²) >= 11 is 0. The topological polar surface area (TPSA) is 53.1 Å². The quantitative estimate of drug-likeness (QED) is 0.879. The number of benzene rings is 1. The number of aryl methyl sites for hydroxylation is 1. The maximum absolute atomic E-state index is 13.9. The Hall–Kier alpha value is -1.88. The van der Waals surface area contributed by atoms with E-state index in [9.17, 15) is 4.39 Å². The molecule has 4 nitrogen and oxygen atoms in total. The zero-order valence-electron chi connectivity index (χ0n) is 11.8. The van der Waals surface area contributed by atoms with Crippen molar-refractivity contribution in [3.8, 4) is 5.75 Å². The van der Waals surface area contributed by atoms with E-state index in [4.69, 9.17) is 10.5 Å². The molecule has 0 saturated carbocycles. The Kier molecular flexibility index (Phi) is 4.74. The summed E-state index contributed by atoms with van der Waals surface area (Å²) in [5, 5.41) is 4.09. The van der Waals surface area contributed by atoms with Gasteiger partial charge in [0.25, 0.3) is 0 Å². The monoisotopic (exact) mass is 277 g/mol. The summed E-state index contributed by atoms with van der Waals surface area (Å²) in [6.07, 6.45) is 3.02. The number of para-hydroxylation sites is 1. The second kappa shape index (κ2) is 6.52. The fourth-order valence-electron chi connectivity index (χ4n) is 2.13. The highest BCUT2D eigenvalue weighted by molar-refractivity contribution is 5.35. The van der Waals surface area contributed by atoms with Gasteiger partial charge in [-0.2, -0.15) is 5.10 Å². The van der Waals surface area contributed by atoms with Gasteiger partial charge < -0.3 is 10.5 Å². The van der Waals surface area contributed by atoms with Gasteiger partial charge in [-0.05, 0) is 31.0 Å². The van der Waals surface area contributed by atoms with Crippen LogP contribution in [0.2, 0.25) is 0 Å². The van der Waals surface area contributed by atoms with Crippen molar-refractivity contribution in [1.29, 1.82) is 0 Å². The van der Waals surface area contributed by atoms with Gasteiger partial charge in [0.2, 0.25) is 0 Å². The van der Waals surface area contributed by atoms with Crippen LogP contribution in [-0.4, -0.2) is 22.4 Å². The van der Waals surface area contributed by atoms with Crippen LogP contribution < -0.4 is 10.5 Å². The van der Waals surface area contributed by atoms with Gasteiger partial charge in [0.1, 0.15) is 0 Å². The molecular weight excluding hydrogens is 257 g/mol. The molecule has 0 amide bonds. The van der Waals surface area contributed by atoms with E-state index in [1.807, 2.05) is 26.1 Å². The normalized spacial score (nSPS) is 12.4. The van der Waals surface area contributed by atoms with Gasteiger partial charge in [-0.15, -0.1) is 0 Å². The number of nitrogens with two attached hydrogens (primary N) is 1. The average Bonchev–Trinajstić information content (AvgIpc) is 2.78. The van der Waals surface area contributed by atoms with E-state index in [2.05, 4.69) is 5.10 Å². The van der Waals surface area contributed by atoms with Crippen molar-refractivity contribution in [3.05, 3.63) is 47.5 Å². The molecule has 0 bridgehead atoms. The molecule has 0 spiro atoms. The number of halogens is 1. The van der Waals surface area contributed by atoms with E-state index < -0.39 is 0 Å². The molecule has 1 heterocycles. The van der Waals surface area contributed by atoms with Crippen LogP contribution in [0, 0.1) is 5.82 Å². The van der Waals surface area contributed by atoms with Crippen molar-refractivity contribution >= 4 is 0 Å². The third-order valence-corrected chi connectivity index (χ3v) is 3.12. The number of nitrogens with zero attached hydrogens (tertiary/aromatic N) is 2. The van der Waals surface area contributed by atoms with Gasteiger partial charge in [0, 0.05) is 31.4 Å². The summed E-state index contributed by atoms with van der Waals surface area (Å²) < 4.78 is 21.3. The maximum atomic E-state index is 13.9. The van der Waals surface area contributed by atoms with Gasteiger partial charge in [-0.3, -0.25) is 4.68 Å². The fraction of sp³-hybridized carbons (Fsp3) is 0.400. The lowest BCUT2D eigenvalue weighted by atomic mass is 10.1. The minimum atomic E-state index is -0.340. The molecule has 0 aliphatic carbocycles. The van der Waals surface area contributed by atoms with Crippen LogP contribution in [0.1, 0.15) is 18.2 Å². The molecule has 2 rings (SSSR count). The summed E-state index contributed by atoms with van der Waals surface area (Å²) in [7, 11) is 1.87. The van der Waals surface area contributed by atoms with E-state index in [-0.39, 0.29) is 11.9 Å². The van der Waals surface area contributed by atoms with Gasteiger partial charge >= 0.3 is 0 Å². The molecule has 0 aliphatic rings. The maximum Gasteiger partial charge on any atom is 0.165 e. The largest absolute Gasteiger partial charge is 0.490 e. The summed E-state index contributed by atoms with van der Waals surface area (Å²) in [6.45, 7) is 2.30. The Bertz CT molecular complexity index is 566. The first kappa shape index (κ1) is 14.5.